The summed E-state index contributed by atoms with van der Waals surface area (Å²) in [5, 5.41) is 5.26. The molecule has 5 nitrogen and oxygen atoms in total. The maximum absolute atomic E-state index is 11.7. The van der Waals surface area contributed by atoms with Gasteiger partial charge in [0, 0.05) is 6.20 Å². The van der Waals surface area contributed by atoms with Gasteiger partial charge >= 0.3 is 6.03 Å². The van der Waals surface area contributed by atoms with Gasteiger partial charge < -0.3 is 10.1 Å². The minimum atomic E-state index is -0.351. The quantitative estimate of drug-likeness (QED) is 0.848. The molecule has 2 N–H and O–H groups in total. The van der Waals surface area contributed by atoms with Gasteiger partial charge in [-0.1, -0.05) is 23.8 Å². The SMILES string of the molecule is Cc1ccc(NC(=O)NCOc2ccc(C)cc2C)nc1. The molecule has 0 saturated carbocycles. The molecule has 1 heterocycles. The van der Waals surface area contributed by atoms with Gasteiger partial charge in [-0.2, -0.15) is 0 Å². The highest BCUT2D eigenvalue weighted by molar-refractivity contribution is 5.88. The molecular weight excluding hydrogens is 266 g/mol. The zero-order valence-corrected chi connectivity index (χ0v) is 12.4. The molecule has 2 amide bonds. The molecule has 5 heteroatoms. The fourth-order valence-corrected chi connectivity index (χ4v) is 1.84. The molecule has 1 aromatic carbocycles. The van der Waals surface area contributed by atoms with Crippen molar-refractivity contribution in [3.63, 3.8) is 0 Å². The van der Waals surface area contributed by atoms with Crippen LogP contribution in [0.1, 0.15) is 16.7 Å². The predicted molar refractivity (Wildman–Crippen MR) is 82.5 cm³/mol. The number of pyridine rings is 1. The standard InChI is InChI=1S/C16H19N3O2/c1-11-4-6-14(13(3)8-11)21-10-18-16(20)19-15-7-5-12(2)9-17-15/h4-9H,10H2,1-3H3,(H2,17,18,19,20). The van der Waals surface area contributed by atoms with Crippen LogP contribution in [0.15, 0.2) is 36.5 Å². The average Bonchev–Trinajstić information content (AvgIpc) is 2.44. The second-order valence-corrected chi connectivity index (χ2v) is 4.91. The summed E-state index contributed by atoms with van der Waals surface area (Å²) < 4.78 is 5.53. The first kappa shape index (κ1) is 14.8. The van der Waals surface area contributed by atoms with Gasteiger partial charge in [-0.05, 0) is 44.0 Å². The number of anilines is 1. The van der Waals surface area contributed by atoms with Gasteiger partial charge in [0.05, 0.1) is 0 Å². The van der Waals surface area contributed by atoms with Gasteiger partial charge in [-0.15, -0.1) is 0 Å². The Hall–Kier alpha value is -2.56. The Morgan fingerprint density at radius 3 is 2.57 bits per heavy atom. The maximum atomic E-state index is 11.7. The third-order valence-corrected chi connectivity index (χ3v) is 2.94. The Labute approximate surface area is 124 Å². The number of nitrogens with one attached hydrogen (secondary N) is 2. The van der Waals surface area contributed by atoms with E-state index in [0.29, 0.717) is 5.82 Å². The Kier molecular flexibility index (Phi) is 4.77. The predicted octanol–water partition coefficient (Wildman–Crippen LogP) is 3.16. The number of urea groups is 1. The summed E-state index contributed by atoms with van der Waals surface area (Å²) in [6.45, 7) is 6.03. The summed E-state index contributed by atoms with van der Waals surface area (Å²) in [6, 6.07) is 9.18. The number of amides is 2. The van der Waals surface area contributed by atoms with Crippen LogP contribution in [0.25, 0.3) is 0 Å². The number of benzene rings is 1. The summed E-state index contributed by atoms with van der Waals surface area (Å²) in [5.74, 6) is 1.26. The molecule has 2 aromatic rings. The van der Waals surface area contributed by atoms with Crippen LogP contribution in [-0.4, -0.2) is 17.7 Å². The van der Waals surface area contributed by atoms with Gasteiger partial charge in [-0.25, -0.2) is 9.78 Å². The lowest BCUT2D eigenvalue weighted by atomic mass is 10.1. The van der Waals surface area contributed by atoms with Crippen LogP contribution in [-0.2, 0) is 0 Å². The van der Waals surface area contributed by atoms with Gasteiger partial charge in [0.25, 0.3) is 0 Å². The smallest absolute Gasteiger partial charge is 0.323 e. The zero-order chi connectivity index (χ0) is 15.2. The Morgan fingerprint density at radius 2 is 1.90 bits per heavy atom. The molecule has 0 aliphatic heterocycles. The minimum Gasteiger partial charge on any atom is -0.473 e. The van der Waals surface area contributed by atoms with E-state index in [1.54, 1.807) is 12.3 Å². The molecule has 0 saturated heterocycles. The summed E-state index contributed by atoms with van der Waals surface area (Å²) in [7, 11) is 0. The average molecular weight is 285 g/mol. The minimum absolute atomic E-state index is 0.0988. The van der Waals surface area contributed by atoms with Crippen LogP contribution in [0.5, 0.6) is 5.75 Å². The van der Waals surface area contributed by atoms with Crippen molar-refractivity contribution in [1.29, 1.82) is 0 Å². The van der Waals surface area contributed by atoms with E-state index in [1.165, 1.54) is 5.56 Å². The molecule has 0 atom stereocenters. The van der Waals surface area contributed by atoms with E-state index < -0.39 is 0 Å². The van der Waals surface area contributed by atoms with Crippen molar-refractivity contribution in [1.82, 2.24) is 10.3 Å². The molecule has 0 spiro atoms. The van der Waals surface area contributed by atoms with E-state index >= 15 is 0 Å². The Bertz CT molecular complexity index is 624. The van der Waals surface area contributed by atoms with Gasteiger partial charge in [-0.3, -0.25) is 5.32 Å². The van der Waals surface area contributed by atoms with E-state index in [1.807, 2.05) is 45.0 Å². The molecule has 110 valence electrons. The summed E-state index contributed by atoms with van der Waals surface area (Å²) in [6.07, 6.45) is 1.70. The molecule has 0 aliphatic carbocycles. The number of hydrogen-bond donors (Lipinski definition) is 2. The monoisotopic (exact) mass is 285 g/mol. The van der Waals surface area contributed by atoms with Crippen molar-refractivity contribution in [3.8, 4) is 5.75 Å². The molecule has 0 bridgehead atoms. The number of aromatic nitrogens is 1. The second-order valence-electron chi connectivity index (χ2n) is 4.91. The van der Waals surface area contributed by atoms with Gasteiger partial charge in [0.15, 0.2) is 6.73 Å². The molecule has 1 aromatic heterocycles. The first-order valence-corrected chi connectivity index (χ1v) is 6.72. The van der Waals surface area contributed by atoms with E-state index in [4.69, 9.17) is 4.74 Å². The number of hydrogen-bond acceptors (Lipinski definition) is 3. The molecule has 0 unspecified atom stereocenters. The molecule has 21 heavy (non-hydrogen) atoms. The lowest BCUT2D eigenvalue weighted by Crippen LogP contribution is -2.32. The van der Waals surface area contributed by atoms with E-state index in [9.17, 15) is 4.79 Å². The molecule has 0 radical (unpaired) electrons. The largest absolute Gasteiger partial charge is 0.473 e. The van der Waals surface area contributed by atoms with Crippen molar-refractivity contribution in [3.05, 3.63) is 53.2 Å². The van der Waals surface area contributed by atoms with Crippen molar-refractivity contribution in [2.75, 3.05) is 12.0 Å². The fraction of sp³-hybridized carbons (Fsp3) is 0.250. The van der Waals surface area contributed by atoms with Crippen LogP contribution < -0.4 is 15.4 Å². The highest BCUT2D eigenvalue weighted by Gasteiger charge is 2.03. The third-order valence-electron chi connectivity index (χ3n) is 2.94. The Morgan fingerprint density at radius 1 is 1.14 bits per heavy atom. The lowest BCUT2D eigenvalue weighted by molar-refractivity contribution is 0.234. The van der Waals surface area contributed by atoms with Gasteiger partial charge in [0.2, 0.25) is 0 Å². The molecule has 0 aliphatic rings. The van der Waals surface area contributed by atoms with E-state index in [-0.39, 0.29) is 12.8 Å². The summed E-state index contributed by atoms with van der Waals surface area (Å²) in [4.78, 5) is 15.8. The fourth-order valence-electron chi connectivity index (χ4n) is 1.84. The number of aryl methyl sites for hydroxylation is 3. The molecule has 2 rings (SSSR count). The molecule has 0 fully saturated rings. The zero-order valence-electron chi connectivity index (χ0n) is 12.4. The van der Waals surface area contributed by atoms with Crippen LogP contribution in [0, 0.1) is 20.8 Å². The van der Waals surface area contributed by atoms with Crippen molar-refractivity contribution in [2.45, 2.75) is 20.8 Å². The van der Waals surface area contributed by atoms with E-state index in [0.717, 1.165) is 16.9 Å². The maximum Gasteiger partial charge on any atom is 0.323 e. The highest BCUT2D eigenvalue weighted by atomic mass is 16.5. The topological polar surface area (TPSA) is 63.2 Å². The highest BCUT2D eigenvalue weighted by Crippen LogP contribution is 2.18. The van der Waals surface area contributed by atoms with Crippen LogP contribution >= 0.6 is 0 Å². The van der Waals surface area contributed by atoms with E-state index in [2.05, 4.69) is 15.6 Å². The van der Waals surface area contributed by atoms with Crippen molar-refractivity contribution >= 4 is 11.8 Å². The van der Waals surface area contributed by atoms with Crippen molar-refractivity contribution in [2.24, 2.45) is 0 Å². The van der Waals surface area contributed by atoms with Crippen LogP contribution in [0.3, 0.4) is 0 Å². The van der Waals surface area contributed by atoms with Crippen LogP contribution in [0.4, 0.5) is 10.6 Å². The number of nitrogens with zero attached hydrogens (tertiary/aromatic N) is 1. The number of ether oxygens (including phenoxy) is 1. The first-order valence-electron chi connectivity index (χ1n) is 6.72. The Balaban J connectivity index is 1.80. The van der Waals surface area contributed by atoms with Crippen LogP contribution in [0.2, 0.25) is 0 Å². The van der Waals surface area contributed by atoms with Crippen molar-refractivity contribution < 1.29 is 9.53 Å². The third kappa shape index (κ3) is 4.49. The number of carbonyl (C=O) groups is 1. The lowest BCUT2D eigenvalue weighted by Gasteiger charge is -2.11. The summed E-state index contributed by atoms with van der Waals surface area (Å²) >= 11 is 0. The first-order chi connectivity index (χ1) is 10.0. The number of rotatable bonds is 4. The second kappa shape index (κ2) is 6.74. The van der Waals surface area contributed by atoms with Gasteiger partial charge in [0.1, 0.15) is 11.6 Å². The molecular formula is C16H19N3O2. The number of carbonyl (C=O) groups excluding carboxylic acids is 1. The summed E-state index contributed by atoms with van der Waals surface area (Å²) in [5.41, 5.74) is 3.26. The normalized spacial score (nSPS) is 10.0.